The van der Waals surface area contributed by atoms with Crippen LogP contribution in [0.15, 0.2) is 54.6 Å². The number of hydrogen-bond donors (Lipinski definition) is 1. The van der Waals surface area contributed by atoms with Gasteiger partial charge < -0.3 is 14.8 Å². The molecule has 0 aromatic heterocycles. The molecule has 0 fully saturated rings. The van der Waals surface area contributed by atoms with Crippen LogP contribution in [0.25, 0.3) is 0 Å². The molecule has 0 aliphatic carbocycles. The van der Waals surface area contributed by atoms with Crippen LogP contribution in [0.1, 0.15) is 27.2 Å². The van der Waals surface area contributed by atoms with Crippen molar-refractivity contribution >= 4 is 5.69 Å². The molecule has 2 rings (SSSR count). The zero-order valence-electron chi connectivity index (χ0n) is 13.6. The smallest absolute Gasteiger partial charge is 0.121 e. The summed E-state index contributed by atoms with van der Waals surface area (Å²) in [6, 6.07) is 17.9. The molecule has 0 amide bonds. The second-order valence-electron chi connectivity index (χ2n) is 5.49. The normalized spacial score (nSPS) is 13.2. The van der Waals surface area contributed by atoms with Gasteiger partial charge in [0.05, 0.1) is 12.6 Å². The minimum absolute atomic E-state index is 0.0848. The van der Waals surface area contributed by atoms with Crippen LogP contribution in [0.2, 0.25) is 0 Å². The number of rotatable bonds is 8. The lowest BCUT2D eigenvalue weighted by Crippen LogP contribution is -2.22. The fourth-order valence-corrected chi connectivity index (χ4v) is 2.03. The van der Waals surface area contributed by atoms with E-state index in [4.69, 9.17) is 9.47 Å². The Morgan fingerprint density at radius 3 is 2.27 bits per heavy atom. The molecule has 0 heterocycles. The third-order valence-corrected chi connectivity index (χ3v) is 3.42. The molecule has 3 nitrogen and oxygen atoms in total. The molecular formula is C19H25NO2. The van der Waals surface area contributed by atoms with E-state index in [2.05, 4.69) is 26.1 Å². The topological polar surface area (TPSA) is 30.5 Å². The van der Waals surface area contributed by atoms with E-state index in [1.165, 1.54) is 0 Å². The fraction of sp³-hybridized carbons (Fsp3) is 0.368. The van der Waals surface area contributed by atoms with E-state index in [1.807, 2.05) is 54.6 Å². The van der Waals surface area contributed by atoms with E-state index in [1.54, 1.807) is 0 Å². The summed E-state index contributed by atoms with van der Waals surface area (Å²) in [5.74, 6) is 1.79. The van der Waals surface area contributed by atoms with E-state index < -0.39 is 0 Å². The molecular weight excluding hydrogens is 274 g/mol. The van der Waals surface area contributed by atoms with Gasteiger partial charge in [0.1, 0.15) is 17.6 Å². The van der Waals surface area contributed by atoms with Crippen LogP contribution in [-0.4, -0.2) is 18.8 Å². The van der Waals surface area contributed by atoms with Crippen LogP contribution in [0.4, 0.5) is 5.69 Å². The number of benzene rings is 2. The monoisotopic (exact) mass is 299 g/mol. The minimum Gasteiger partial charge on any atom is -0.491 e. The van der Waals surface area contributed by atoms with Crippen molar-refractivity contribution in [3.05, 3.63) is 54.6 Å². The van der Waals surface area contributed by atoms with Crippen LogP contribution in [-0.2, 0) is 0 Å². The van der Waals surface area contributed by atoms with Crippen molar-refractivity contribution < 1.29 is 9.47 Å². The van der Waals surface area contributed by atoms with Crippen molar-refractivity contribution in [1.82, 2.24) is 0 Å². The van der Waals surface area contributed by atoms with Gasteiger partial charge in [-0.3, -0.25) is 0 Å². The molecule has 2 unspecified atom stereocenters. The Bertz CT molecular complexity index is 556. The summed E-state index contributed by atoms with van der Waals surface area (Å²) in [5.41, 5.74) is 1.05. The van der Waals surface area contributed by atoms with Gasteiger partial charge >= 0.3 is 0 Å². The number of ether oxygens (including phenoxy) is 2. The number of anilines is 1. The maximum absolute atomic E-state index is 5.85. The Labute approximate surface area is 133 Å². The van der Waals surface area contributed by atoms with Crippen LogP contribution in [0, 0.1) is 0 Å². The molecule has 0 aliphatic heterocycles. The van der Waals surface area contributed by atoms with Crippen molar-refractivity contribution in [1.29, 1.82) is 0 Å². The van der Waals surface area contributed by atoms with Gasteiger partial charge in [0.25, 0.3) is 0 Å². The molecule has 2 atom stereocenters. The maximum atomic E-state index is 5.85. The Morgan fingerprint density at radius 2 is 1.55 bits per heavy atom. The zero-order chi connectivity index (χ0) is 15.8. The van der Waals surface area contributed by atoms with Gasteiger partial charge in [-0.05, 0) is 44.5 Å². The van der Waals surface area contributed by atoms with E-state index in [0.29, 0.717) is 0 Å². The minimum atomic E-state index is 0.0848. The van der Waals surface area contributed by atoms with Gasteiger partial charge in [-0.1, -0.05) is 31.2 Å². The molecule has 2 aromatic carbocycles. The Balaban J connectivity index is 1.84. The highest BCUT2D eigenvalue weighted by Crippen LogP contribution is 2.19. The maximum Gasteiger partial charge on any atom is 0.121 e. The van der Waals surface area contributed by atoms with Gasteiger partial charge in [0.15, 0.2) is 0 Å². The van der Waals surface area contributed by atoms with Crippen LogP contribution in [0.5, 0.6) is 11.5 Å². The molecule has 0 bridgehead atoms. The lowest BCUT2D eigenvalue weighted by molar-refractivity contribution is 0.217. The third-order valence-electron chi connectivity index (χ3n) is 3.42. The number of hydrogen-bond acceptors (Lipinski definition) is 3. The zero-order valence-corrected chi connectivity index (χ0v) is 13.6. The van der Waals surface area contributed by atoms with Crippen molar-refractivity contribution in [3.63, 3.8) is 0 Å². The first kappa shape index (κ1) is 16.2. The first-order valence-electron chi connectivity index (χ1n) is 7.89. The summed E-state index contributed by atoms with van der Waals surface area (Å²) in [4.78, 5) is 0. The average molecular weight is 299 g/mol. The Morgan fingerprint density at radius 1 is 0.864 bits per heavy atom. The Kier molecular flexibility index (Phi) is 6.13. The number of para-hydroxylation sites is 1. The van der Waals surface area contributed by atoms with Crippen LogP contribution < -0.4 is 14.8 Å². The molecule has 0 saturated carbocycles. The number of nitrogens with one attached hydrogen (secondary N) is 1. The molecule has 0 aliphatic rings. The summed E-state index contributed by atoms with van der Waals surface area (Å²) in [6.07, 6.45) is 1.32. The van der Waals surface area contributed by atoms with E-state index in [9.17, 15) is 0 Å². The molecule has 0 saturated heterocycles. The summed E-state index contributed by atoms with van der Waals surface area (Å²) in [7, 11) is 0. The van der Waals surface area contributed by atoms with Gasteiger partial charge in [-0.25, -0.2) is 0 Å². The first-order chi connectivity index (χ1) is 10.7. The summed E-state index contributed by atoms with van der Waals surface area (Å²) in [6.45, 7) is 6.99. The van der Waals surface area contributed by atoms with Crippen molar-refractivity contribution in [2.24, 2.45) is 0 Å². The quantitative estimate of drug-likeness (QED) is 0.763. The predicted molar refractivity (Wildman–Crippen MR) is 91.8 cm³/mol. The largest absolute Gasteiger partial charge is 0.491 e. The first-order valence-corrected chi connectivity index (χ1v) is 7.89. The standard InChI is InChI=1S/C19H25NO2/c1-4-15(2)21-19-12-8-9-17(13-19)20-14-16(3)22-18-10-6-5-7-11-18/h5-13,15-16,20H,4,14H2,1-3H3. The summed E-state index contributed by atoms with van der Waals surface area (Å²) >= 11 is 0. The predicted octanol–water partition coefficient (Wildman–Crippen LogP) is 4.74. The summed E-state index contributed by atoms with van der Waals surface area (Å²) in [5, 5.41) is 3.39. The lowest BCUT2D eigenvalue weighted by atomic mass is 10.2. The molecule has 118 valence electrons. The molecule has 3 heteroatoms. The second-order valence-corrected chi connectivity index (χ2v) is 5.49. The van der Waals surface area contributed by atoms with Crippen LogP contribution >= 0.6 is 0 Å². The van der Waals surface area contributed by atoms with Crippen molar-refractivity contribution in [3.8, 4) is 11.5 Å². The average Bonchev–Trinajstić information content (AvgIpc) is 2.54. The summed E-state index contributed by atoms with van der Waals surface area (Å²) < 4.78 is 11.7. The third kappa shape index (κ3) is 5.32. The molecule has 2 aromatic rings. The fourth-order valence-electron chi connectivity index (χ4n) is 2.03. The van der Waals surface area contributed by atoms with Gasteiger partial charge in [-0.2, -0.15) is 0 Å². The van der Waals surface area contributed by atoms with Gasteiger partial charge in [-0.15, -0.1) is 0 Å². The van der Waals surface area contributed by atoms with E-state index in [-0.39, 0.29) is 12.2 Å². The van der Waals surface area contributed by atoms with Crippen LogP contribution in [0.3, 0.4) is 0 Å². The van der Waals surface area contributed by atoms with Gasteiger partial charge in [0, 0.05) is 11.8 Å². The highest BCUT2D eigenvalue weighted by atomic mass is 16.5. The van der Waals surface area contributed by atoms with Crippen molar-refractivity contribution in [2.45, 2.75) is 39.4 Å². The highest BCUT2D eigenvalue weighted by molar-refractivity contribution is 5.48. The molecule has 0 radical (unpaired) electrons. The van der Waals surface area contributed by atoms with Gasteiger partial charge in [0.2, 0.25) is 0 Å². The Hall–Kier alpha value is -2.16. The van der Waals surface area contributed by atoms with E-state index in [0.717, 1.165) is 30.2 Å². The second kappa shape index (κ2) is 8.32. The molecule has 22 heavy (non-hydrogen) atoms. The molecule has 1 N–H and O–H groups in total. The molecule has 0 spiro atoms. The SMILES string of the molecule is CCC(C)Oc1cccc(NCC(C)Oc2ccccc2)c1. The van der Waals surface area contributed by atoms with E-state index >= 15 is 0 Å². The van der Waals surface area contributed by atoms with Crippen molar-refractivity contribution in [2.75, 3.05) is 11.9 Å². The highest BCUT2D eigenvalue weighted by Gasteiger charge is 2.05. The lowest BCUT2D eigenvalue weighted by Gasteiger charge is -2.17.